The van der Waals surface area contributed by atoms with Gasteiger partial charge in [0.15, 0.2) is 0 Å². The van der Waals surface area contributed by atoms with E-state index in [4.69, 9.17) is 0 Å². The average molecular weight is 239 g/mol. The van der Waals surface area contributed by atoms with Crippen LogP contribution in [0.25, 0.3) is 0 Å². The molecule has 4 heteroatoms. The molecule has 1 aliphatic rings. The fraction of sp³-hybridized carbons (Fsp3) is 0.750. The molecule has 1 aliphatic heterocycles. The third kappa shape index (κ3) is 2.80. The number of rotatable bonds is 4. The Bertz CT molecular complexity index is 342. The summed E-state index contributed by atoms with van der Waals surface area (Å²) in [5, 5.41) is 4.49. The zero-order valence-corrected chi connectivity index (χ0v) is 11.3. The number of aryl methyl sites for hydroxylation is 2. The first-order valence-electron chi connectivity index (χ1n) is 5.96. The minimum Gasteiger partial charge on any atom is -0.301 e. The van der Waals surface area contributed by atoms with Crippen LogP contribution in [0.5, 0.6) is 0 Å². The van der Waals surface area contributed by atoms with Crippen LogP contribution >= 0.6 is 11.8 Å². The standard InChI is InChI=1S/C12H21N3S/c1-10-8-11(2)15(13-10)6-5-14(3)12-4-7-16-9-12/h8,12H,4-7,9H2,1-3H3. The van der Waals surface area contributed by atoms with E-state index >= 15 is 0 Å². The van der Waals surface area contributed by atoms with Crippen LogP contribution in [0.1, 0.15) is 17.8 Å². The van der Waals surface area contributed by atoms with Crippen LogP contribution in [0, 0.1) is 13.8 Å². The van der Waals surface area contributed by atoms with Gasteiger partial charge >= 0.3 is 0 Å². The molecule has 1 saturated heterocycles. The number of hydrogen-bond acceptors (Lipinski definition) is 3. The lowest BCUT2D eigenvalue weighted by Gasteiger charge is -2.23. The molecule has 0 radical (unpaired) electrons. The van der Waals surface area contributed by atoms with Gasteiger partial charge in [-0.25, -0.2) is 0 Å². The van der Waals surface area contributed by atoms with E-state index in [1.54, 1.807) is 0 Å². The number of likely N-dealkylation sites (N-methyl/N-ethyl adjacent to an activating group) is 1. The van der Waals surface area contributed by atoms with E-state index in [0.717, 1.165) is 24.8 Å². The number of hydrogen-bond donors (Lipinski definition) is 0. The summed E-state index contributed by atoms with van der Waals surface area (Å²) in [6.45, 7) is 6.30. The second kappa shape index (κ2) is 5.23. The first kappa shape index (κ1) is 12.0. The van der Waals surface area contributed by atoms with Crippen molar-refractivity contribution in [2.75, 3.05) is 25.1 Å². The molecule has 0 amide bonds. The van der Waals surface area contributed by atoms with Crippen molar-refractivity contribution in [3.05, 3.63) is 17.5 Å². The molecule has 1 aromatic rings. The molecule has 0 aliphatic carbocycles. The molecule has 0 aromatic carbocycles. The molecule has 0 spiro atoms. The van der Waals surface area contributed by atoms with Crippen molar-refractivity contribution in [3.63, 3.8) is 0 Å². The maximum Gasteiger partial charge on any atom is 0.0596 e. The number of thioether (sulfide) groups is 1. The van der Waals surface area contributed by atoms with Crippen molar-refractivity contribution in [2.24, 2.45) is 0 Å². The van der Waals surface area contributed by atoms with E-state index in [9.17, 15) is 0 Å². The summed E-state index contributed by atoms with van der Waals surface area (Å²) >= 11 is 2.08. The Labute approximate surface area is 102 Å². The second-order valence-electron chi connectivity index (χ2n) is 4.65. The van der Waals surface area contributed by atoms with Gasteiger partial charge in [0.25, 0.3) is 0 Å². The molecule has 1 atom stereocenters. The normalized spacial score (nSPS) is 20.9. The Morgan fingerprint density at radius 1 is 1.56 bits per heavy atom. The van der Waals surface area contributed by atoms with E-state index in [2.05, 4.69) is 53.4 Å². The molecule has 16 heavy (non-hydrogen) atoms. The van der Waals surface area contributed by atoms with Gasteiger partial charge in [-0.05, 0) is 39.1 Å². The van der Waals surface area contributed by atoms with Gasteiger partial charge < -0.3 is 4.90 Å². The summed E-state index contributed by atoms with van der Waals surface area (Å²) in [7, 11) is 2.24. The fourth-order valence-electron chi connectivity index (χ4n) is 2.21. The predicted octanol–water partition coefficient (Wildman–Crippen LogP) is 1.94. The average Bonchev–Trinajstić information content (AvgIpc) is 2.84. The summed E-state index contributed by atoms with van der Waals surface area (Å²) in [6, 6.07) is 2.92. The highest BCUT2D eigenvalue weighted by atomic mass is 32.2. The Hall–Kier alpha value is -0.480. The highest BCUT2D eigenvalue weighted by Crippen LogP contribution is 2.21. The van der Waals surface area contributed by atoms with Gasteiger partial charge in [-0.3, -0.25) is 4.68 Å². The molecule has 1 aromatic heterocycles. The molecule has 3 nitrogen and oxygen atoms in total. The second-order valence-corrected chi connectivity index (χ2v) is 5.80. The van der Waals surface area contributed by atoms with Crippen LogP contribution in [-0.4, -0.2) is 45.8 Å². The fourth-order valence-corrected chi connectivity index (χ4v) is 3.50. The van der Waals surface area contributed by atoms with Gasteiger partial charge in [0, 0.05) is 24.0 Å². The van der Waals surface area contributed by atoms with E-state index < -0.39 is 0 Å². The predicted molar refractivity (Wildman–Crippen MR) is 70.1 cm³/mol. The first-order valence-corrected chi connectivity index (χ1v) is 7.11. The summed E-state index contributed by atoms with van der Waals surface area (Å²) in [4.78, 5) is 2.48. The van der Waals surface area contributed by atoms with Crippen molar-refractivity contribution in [1.29, 1.82) is 0 Å². The highest BCUT2D eigenvalue weighted by Gasteiger charge is 2.19. The van der Waals surface area contributed by atoms with Crippen LogP contribution in [0.2, 0.25) is 0 Å². The van der Waals surface area contributed by atoms with Crippen molar-refractivity contribution < 1.29 is 0 Å². The van der Waals surface area contributed by atoms with Crippen molar-refractivity contribution >= 4 is 11.8 Å². The minimum absolute atomic E-state index is 0.780. The summed E-state index contributed by atoms with van der Waals surface area (Å²) < 4.78 is 2.12. The summed E-state index contributed by atoms with van der Waals surface area (Å²) in [5.41, 5.74) is 2.39. The molecule has 90 valence electrons. The smallest absolute Gasteiger partial charge is 0.0596 e. The Kier molecular flexibility index (Phi) is 3.92. The zero-order chi connectivity index (χ0) is 11.5. The van der Waals surface area contributed by atoms with Gasteiger partial charge in [-0.15, -0.1) is 0 Å². The molecule has 1 unspecified atom stereocenters. The molecule has 2 rings (SSSR count). The SMILES string of the molecule is Cc1cc(C)n(CCN(C)C2CCSC2)n1. The van der Waals surface area contributed by atoms with E-state index in [0.29, 0.717) is 0 Å². The highest BCUT2D eigenvalue weighted by molar-refractivity contribution is 7.99. The van der Waals surface area contributed by atoms with E-state index in [-0.39, 0.29) is 0 Å². The van der Waals surface area contributed by atoms with Crippen molar-refractivity contribution in [3.8, 4) is 0 Å². The molecular formula is C12H21N3S. The lowest BCUT2D eigenvalue weighted by molar-refractivity contribution is 0.247. The zero-order valence-electron chi connectivity index (χ0n) is 10.4. The van der Waals surface area contributed by atoms with Crippen LogP contribution in [0.4, 0.5) is 0 Å². The monoisotopic (exact) mass is 239 g/mol. The Balaban J connectivity index is 1.84. The van der Waals surface area contributed by atoms with Crippen molar-refractivity contribution in [1.82, 2.24) is 14.7 Å². The van der Waals surface area contributed by atoms with Crippen molar-refractivity contribution in [2.45, 2.75) is 32.9 Å². The Morgan fingerprint density at radius 3 is 2.94 bits per heavy atom. The van der Waals surface area contributed by atoms with Gasteiger partial charge in [0.2, 0.25) is 0 Å². The Morgan fingerprint density at radius 2 is 2.38 bits per heavy atom. The van der Waals surface area contributed by atoms with E-state index in [1.165, 1.54) is 23.6 Å². The molecule has 0 saturated carbocycles. The van der Waals surface area contributed by atoms with Gasteiger partial charge in [0.1, 0.15) is 0 Å². The number of aromatic nitrogens is 2. The molecule has 0 bridgehead atoms. The topological polar surface area (TPSA) is 21.1 Å². The quantitative estimate of drug-likeness (QED) is 0.801. The lowest BCUT2D eigenvalue weighted by Crippen LogP contribution is -2.34. The third-order valence-electron chi connectivity index (χ3n) is 3.30. The maximum absolute atomic E-state index is 4.49. The minimum atomic E-state index is 0.780. The lowest BCUT2D eigenvalue weighted by atomic mass is 10.2. The van der Waals surface area contributed by atoms with Crippen LogP contribution < -0.4 is 0 Å². The van der Waals surface area contributed by atoms with E-state index in [1.807, 2.05) is 0 Å². The van der Waals surface area contributed by atoms with Crippen LogP contribution in [-0.2, 0) is 6.54 Å². The first-order chi connectivity index (χ1) is 7.66. The van der Waals surface area contributed by atoms with Gasteiger partial charge in [0.05, 0.1) is 12.2 Å². The van der Waals surface area contributed by atoms with Crippen LogP contribution in [0.15, 0.2) is 6.07 Å². The maximum atomic E-state index is 4.49. The molecular weight excluding hydrogens is 218 g/mol. The van der Waals surface area contributed by atoms with Gasteiger partial charge in [-0.2, -0.15) is 16.9 Å². The molecule has 2 heterocycles. The third-order valence-corrected chi connectivity index (χ3v) is 4.44. The molecule has 1 fully saturated rings. The van der Waals surface area contributed by atoms with Gasteiger partial charge in [-0.1, -0.05) is 0 Å². The van der Waals surface area contributed by atoms with Crippen LogP contribution in [0.3, 0.4) is 0 Å². The summed E-state index contributed by atoms with van der Waals surface area (Å²) in [5.74, 6) is 2.63. The largest absolute Gasteiger partial charge is 0.301 e. The molecule has 0 N–H and O–H groups in total. The summed E-state index contributed by atoms with van der Waals surface area (Å²) in [6.07, 6.45) is 1.35. The number of nitrogens with zero attached hydrogens (tertiary/aromatic N) is 3.